The van der Waals surface area contributed by atoms with Crippen molar-refractivity contribution < 1.29 is 4.79 Å². The molecule has 0 saturated carbocycles. The molecule has 4 heteroatoms. The smallest absolute Gasteiger partial charge is 0.139 e. The van der Waals surface area contributed by atoms with Crippen LogP contribution in [0.3, 0.4) is 0 Å². The Morgan fingerprint density at radius 2 is 2.06 bits per heavy atom. The zero-order chi connectivity index (χ0) is 12.6. The molecule has 0 fully saturated rings. The summed E-state index contributed by atoms with van der Waals surface area (Å²) in [5, 5.41) is 1.03. The fraction of sp³-hybridized carbons (Fsp3) is 0.462. The maximum absolute atomic E-state index is 11.8. The van der Waals surface area contributed by atoms with Crippen LogP contribution in [0.2, 0.25) is 0 Å². The van der Waals surface area contributed by atoms with Crippen molar-refractivity contribution in [3.05, 3.63) is 23.0 Å². The third kappa shape index (κ3) is 2.22. The van der Waals surface area contributed by atoms with Crippen molar-refractivity contribution >= 4 is 27.3 Å². The monoisotopic (exact) mass is 248 g/mol. The first kappa shape index (κ1) is 12.2. The van der Waals surface area contributed by atoms with Gasteiger partial charge in [-0.15, -0.1) is 11.3 Å². The molecule has 17 heavy (non-hydrogen) atoms. The Morgan fingerprint density at radius 3 is 2.65 bits per heavy atom. The van der Waals surface area contributed by atoms with Gasteiger partial charge in [-0.3, -0.25) is 4.79 Å². The van der Waals surface area contributed by atoms with E-state index in [4.69, 9.17) is 0 Å². The summed E-state index contributed by atoms with van der Waals surface area (Å²) in [5.74, 6) is 0.296. The predicted molar refractivity (Wildman–Crippen MR) is 70.4 cm³/mol. The molecule has 0 radical (unpaired) electrons. The maximum atomic E-state index is 11.8. The quantitative estimate of drug-likeness (QED) is 0.836. The molecular formula is C13H16N2OS. The highest BCUT2D eigenvalue weighted by Crippen LogP contribution is 2.32. The second-order valence-electron chi connectivity index (χ2n) is 4.67. The van der Waals surface area contributed by atoms with Gasteiger partial charge in [0.15, 0.2) is 0 Å². The number of hydrogen-bond acceptors (Lipinski definition) is 4. The number of aromatic nitrogens is 2. The number of carbonyl (C=O) groups is 1. The highest BCUT2D eigenvalue weighted by molar-refractivity contribution is 7.18. The second-order valence-corrected chi connectivity index (χ2v) is 5.90. The lowest BCUT2D eigenvalue weighted by molar-refractivity contribution is -0.119. The van der Waals surface area contributed by atoms with Crippen molar-refractivity contribution in [1.82, 2.24) is 9.97 Å². The number of thiophene rings is 1. The first-order valence-electron chi connectivity index (χ1n) is 5.72. The Balaban J connectivity index is 2.64. The molecule has 0 amide bonds. The average Bonchev–Trinajstić information content (AvgIpc) is 2.58. The van der Waals surface area contributed by atoms with Gasteiger partial charge in [0.1, 0.15) is 16.9 Å². The lowest BCUT2D eigenvalue weighted by Gasteiger charge is -2.17. The Kier molecular flexibility index (Phi) is 3.24. The molecule has 0 bridgehead atoms. The Labute approximate surface area is 105 Å². The van der Waals surface area contributed by atoms with Crippen LogP contribution in [0.25, 0.3) is 10.2 Å². The van der Waals surface area contributed by atoms with Crippen molar-refractivity contribution in [2.24, 2.45) is 5.92 Å². The van der Waals surface area contributed by atoms with Crippen LogP contribution in [0.1, 0.15) is 37.3 Å². The van der Waals surface area contributed by atoms with Crippen molar-refractivity contribution in [3.8, 4) is 0 Å². The molecule has 1 unspecified atom stereocenters. The first-order valence-corrected chi connectivity index (χ1v) is 6.54. The summed E-state index contributed by atoms with van der Waals surface area (Å²) in [6.07, 6.45) is 1.56. The van der Waals surface area contributed by atoms with Gasteiger partial charge in [-0.2, -0.15) is 0 Å². The molecule has 1 atom stereocenters. The maximum Gasteiger partial charge on any atom is 0.139 e. The van der Waals surface area contributed by atoms with E-state index in [1.807, 2.05) is 6.92 Å². The van der Waals surface area contributed by atoms with Crippen LogP contribution < -0.4 is 0 Å². The summed E-state index contributed by atoms with van der Waals surface area (Å²) in [5.41, 5.74) is 0.877. The van der Waals surface area contributed by atoms with Crippen LogP contribution in [0.5, 0.6) is 0 Å². The third-order valence-corrected chi connectivity index (χ3v) is 3.84. The minimum absolute atomic E-state index is 0.130. The Hall–Kier alpha value is -1.29. The second kappa shape index (κ2) is 4.53. The number of carbonyl (C=O) groups excluding carboxylic acids is 1. The van der Waals surface area contributed by atoms with Crippen LogP contribution in [0, 0.1) is 12.8 Å². The summed E-state index contributed by atoms with van der Waals surface area (Å²) in [7, 11) is 0. The third-order valence-electron chi connectivity index (χ3n) is 2.88. The molecule has 0 saturated heterocycles. The minimum Gasteiger partial charge on any atom is -0.299 e. The average molecular weight is 248 g/mol. The topological polar surface area (TPSA) is 42.9 Å². The summed E-state index contributed by atoms with van der Waals surface area (Å²) < 4.78 is 0. The van der Waals surface area contributed by atoms with E-state index in [1.165, 1.54) is 4.88 Å². The Bertz CT molecular complexity index is 560. The van der Waals surface area contributed by atoms with E-state index in [1.54, 1.807) is 24.6 Å². The molecular weight excluding hydrogens is 232 g/mol. The van der Waals surface area contributed by atoms with E-state index >= 15 is 0 Å². The van der Waals surface area contributed by atoms with Gasteiger partial charge in [-0.25, -0.2) is 9.97 Å². The van der Waals surface area contributed by atoms with Crippen molar-refractivity contribution in [1.29, 1.82) is 0 Å². The lowest BCUT2D eigenvalue weighted by atomic mass is 9.88. The van der Waals surface area contributed by atoms with Crippen LogP contribution in [-0.4, -0.2) is 15.8 Å². The van der Waals surface area contributed by atoms with Crippen molar-refractivity contribution in [2.75, 3.05) is 0 Å². The molecule has 2 rings (SSSR count). The molecule has 90 valence electrons. The normalized spacial score (nSPS) is 13.2. The number of aryl methyl sites for hydroxylation is 1. The largest absolute Gasteiger partial charge is 0.299 e. The van der Waals surface area contributed by atoms with Crippen molar-refractivity contribution in [2.45, 2.75) is 33.6 Å². The number of hydrogen-bond donors (Lipinski definition) is 0. The molecule has 0 spiro atoms. The molecule has 2 aromatic rings. The molecule has 0 aliphatic carbocycles. The van der Waals surface area contributed by atoms with Gasteiger partial charge in [0.2, 0.25) is 0 Å². The molecule has 0 aromatic carbocycles. The van der Waals surface area contributed by atoms with Crippen LogP contribution in [-0.2, 0) is 4.79 Å². The highest BCUT2D eigenvalue weighted by Gasteiger charge is 2.24. The van der Waals surface area contributed by atoms with Gasteiger partial charge in [-0.05, 0) is 25.8 Å². The van der Waals surface area contributed by atoms with E-state index in [-0.39, 0.29) is 17.6 Å². The van der Waals surface area contributed by atoms with Gasteiger partial charge in [0.25, 0.3) is 0 Å². The van der Waals surface area contributed by atoms with E-state index in [0.717, 1.165) is 15.9 Å². The number of fused-ring (bicyclic) bond motifs is 1. The number of nitrogens with zero attached hydrogens (tertiary/aromatic N) is 2. The minimum atomic E-state index is -0.130. The van der Waals surface area contributed by atoms with Crippen LogP contribution in [0.4, 0.5) is 0 Å². The highest BCUT2D eigenvalue weighted by atomic mass is 32.1. The standard InChI is InChI=1S/C13H16N2OS/c1-7(2)11(9(4)16)12-10-5-8(3)17-13(10)15-6-14-12/h5-7,11H,1-4H3. The zero-order valence-corrected chi connectivity index (χ0v) is 11.3. The summed E-state index contributed by atoms with van der Waals surface area (Å²) in [4.78, 5) is 22.6. The number of ketones is 1. The van der Waals surface area contributed by atoms with E-state index in [2.05, 4.69) is 29.9 Å². The van der Waals surface area contributed by atoms with Gasteiger partial charge < -0.3 is 0 Å². The van der Waals surface area contributed by atoms with Crippen molar-refractivity contribution in [3.63, 3.8) is 0 Å². The zero-order valence-electron chi connectivity index (χ0n) is 10.5. The predicted octanol–water partition coefficient (Wildman–Crippen LogP) is 3.33. The SMILES string of the molecule is CC(=O)C(c1ncnc2sc(C)cc12)C(C)C. The fourth-order valence-corrected chi connectivity index (χ4v) is 3.07. The molecule has 0 aliphatic rings. The molecule has 0 aliphatic heterocycles. The molecule has 2 aromatic heterocycles. The number of Topliss-reactive ketones (excluding diaryl/α,β-unsaturated/α-hetero) is 1. The summed E-state index contributed by atoms with van der Waals surface area (Å²) >= 11 is 1.64. The number of rotatable bonds is 3. The summed E-state index contributed by atoms with van der Waals surface area (Å²) in [6.45, 7) is 7.80. The molecule has 2 heterocycles. The fourth-order valence-electron chi connectivity index (χ4n) is 2.22. The van der Waals surface area contributed by atoms with Gasteiger partial charge in [-0.1, -0.05) is 13.8 Å². The molecule has 0 N–H and O–H groups in total. The van der Waals surface area contributed by atoms with E-state index in [0.29, 0.717) is 0 Å². The lowest BCUT2D eigenvalue weighted by Crippen LogP contribution is -2.17. The molecule has 3 nitrogen and oxygen atoms in total. The van der Waals surface area contributed by atoms with Gasteiger partial charge >= 0.3 is 0 Å². The van der Waals surface area contributed by atoms with Crippen LogP contribution in [0.15, 0.2) is 12.4 Å². The van der Waals surface area contributed by atoms with Gasteiger partial charge in [0.05, 0.1) is 11.6 Å². The van der Waals surface area contributed by atoms with E-state index in [9.17, 15) is 4.79 Å². The summed E-state index contributed by atoms with van der Waals surface area (Å²) in [6, 6.07) is 2.08. The Morgan fingerprint density at radius 1 is 1.35 bits per heavy atom. The first-order chi connectivity index (χ1) is 8.00. The van der Waals surface area contributed by atoms with Crippen LogP contribution >= 0.6 is 11.3 Å². The van der Waals surface area contributed by atoms with E-state index < -0.39 is 0 Å². The van der Waals surface area contributed by atoms with Gasteiger partial charge in [0, 0.05) is 10.3 Å².